The number of carbonyl (C=O) groups is 1. The van der Waals surface area contributed by atoms with E-state index < -0.39 is 12.5 Å². The third-order valence-corrected chi connectivity index (χ3v) is 5.57. The minimum Gasteiger partial charge on any atom is -0.406 e. The van der Waals surface area contributed by atoms with Gasteiger partial charge in [0.05, 0.1) is 16.3 Å². The molecule has 3 heterocycles. The SMILES string of the molecule is CC(O)CCC(=O)c1cnc2c(c1)nc(Nc1nc3ccc(OC(F)(F)F)cc3s1)n2C. The van der Waals surface area contributed by atoms with Crippen molar-refractivity contribution in [1.29, 1.82) is 0 Å². The Morgan fingerprint density at radius 1 is 1.28 bits per heavy atom. The molecule has 2 N–H and O–H groups in total. The second-order valence-electron chi connectivity index (χ2n) is 7.19. The zero-order valence-corrected chi connectivity index (χ0v) is 17.8. The first-order valence-electron chi connectivity index (χ1n) is 9.56. The van der Waals surface area contributed by atoms with Crippen LogP contribution in [0.1, 0.15) is 30.1 Å². The molecule has 3 aromatic heterocycles. The van der Waals surface area contributed by atoms with Crippen LogP contribution in [-0.2, 0) is 7.05 Å². The maximum atomic E-state index is 12.4. The minimum atomic E-state index is -4.77. The molecule has 8 nitrogen and oxygen atoms in total. The van der Waals surface area contributed by atoms with Crippen LogP contribution in [0.4, 0.5) is 24.3 Å². The molecule has 0 aliphatic heterocycles. The molecule has 4 rings (SSSR count). The van der Waals surface area contributed by atoms with Crippen molar-refractivity contribution in [2.45, 2.75) is 32.2 Å². The number of imidazole rings is 1. The topological polar surface area (TPSA) is 102 Å². The Labute approximate surface area is 183 Å². The highest BCUT2D eigenvalue weighted by atomic mass is 32.1. The number of aryl methyl sites for hydroxylation is 1. The van der Waals surface area contributed by atoms with E-state index in [0.29, 0.717) is 44.4 Å². The fourth-order valence-corrected chi connectivity index (χ4v) is 3.96. The van der Waals surface area contributed by atoms with Gasteiger partial charge in [-0.2, -0.15) is 0 Å². The van der Waals surface area contributed by atoms with Gasteiger partial charge in [-0.1, -0.05) is 11.3 Å². The average Bonchev–Trinajstić information content (AvgIpc) is 3.24. The molecule has 32 heavy (non-hydrogen) atoms. The number of aliphatic hydroxyl groups excluding tert-OH is 1. The lowest BCUT2D eigenvalue weighted by Gasteiger charge is -2.07. The first-order valence-corrected chi connectivity index (χ1v) is 10.4. The molecule has 1 unspecified atom stereocenters. The molecule has 4 aromatic rings. The molecule has 0 saturated carbocycles. The molecule has 0 amide bonds. The van der Waals surface area contributed by atoms with Crippen molar-refractivity contribution in [1.82, 2.24) is 19.5 Å². The van der Waals surface area contributed by atoms with Crippen LogP contribution in [0.25, 0.3) is 21.4 Å². The predicted molar refractivity (Wildman–Crippen MR) is 113 cm³/mol. The Morgan fingerprint density at radius 3 is 2.78 bits per heavy atom. The van der Waals surface area contributed by atoms with Crippen LogP contribution in [0, 0.1) is 0 Å². The molecule has 0 fully saturated rings. The number of nitrogens with one attached hydrogen (secondary N) is 1. The van der Waals surface area contributed by atoms with Gasteiger partial charge in [0, 0.05) is 31.3 Å². The number of aliphatic hydroxyl groups is 1. The number of benzene rings is 1. The number of Topliss-reactive ketones (excluding diaryl/α,β-unsaturated/α-hetero) is 1. The monoisotopic (exact) mass is 465 g/mol. The number of ether oxygens (including phenoxy) is 1. The van der Waals surface area contributed by atoms with Gasteiger partial charge in [0.15, 0.2) is 16.6 Å². The summed E-state index contributed by atoms with van der Waals surface area (Å²) in [5.41, 5.74) is 1.95. The number of aromatic nitrogens is 4. The molecule has 0 radical (unpaired) electrons. The van der Waals surface area contributed by atoms with E-state index in [9.17, 15) is 23.1 Å². The van der Waals surface area contributed by atoms with Crippen molar-refractivity contribution in [3.63, 3.8) is 0 Å². The minimum absolute atomic E-state index is 0.136. The summed E-state index contributed by atoms with van der Waals surface area (Å²) in [5, 5.41) is 12.8. The fourth-order valence-electron chi connectivity index (χ4n) is 3.08. The van der Waals surface area contributed by atoms with Gasteiger partial charge in [-0.05, 0) is 31.5 Å². The highest BCUT2D eigenvalue weighted by Crippen LogP contribution is 2.33. The maximum absolute atomic E-state index is 12.4. The summed E-state index contributed by atoms with van der Waals surface area (Å²) >= 11 is 1.15. The van der Waals surface area contributed by atoms with Gasteiger partial charge in [-0.3, -0.25) is 9.36 Å². The van der Waals surface area contributed by atoms with E-state index in [0.717, 1.165) is 11.3 Å². The van der Waals surface area contributed by atoms with E-state index in [1.54, 1.807) is 24.6 Å². The third-order valence-electron chi connectivity index (χ3n) is 4.63. The number of halogens is 3. The molecule has 0 aliphatic rings. The van der Waals surface area contributed by atoms with Crippen LogP contribution in [0.15, 0.2) is 30.5 Å². The van der Waals surface area contributed by atoms with E-state index in [4.69, 9.17) is 0 Å². The average molecular weight is 465 g/mol. The van der Waals surface area contributed by atoms with Gasteiger partial charge in [0.25, 0.3) is 0 Å². The number of carbonyl (C=O) groups excluding carboxylic acids is 1. The van der Waals surface area contributed by atoms with Crippen LogP contribution in [0.2, 0.25) is 0 Å². The second-order valence-corrected chi connectivity index (χ2v) is 8.22. The molecule has 168 valence electrons. The van der Waals surface area contributed by atoms with Crippen LogP contribution < -0.4 is 10.1 Å². The van der Waals surface area contributed by atoms with Crippen molar-refractivity contribution in [2.75, 3.05) is 5.32 Å². The van der Waals surface area contributed by atoms with Gasteiger partial charge in [-0.25, -0.2) is 15.0 Å². The number of hydrogen-bond acceptors (Lipinski definition) is 8. The van der Waals surface area contributed by atoms with E-state index in [1.165, 1.54) is 24.4 Å². The Bertz CT molecular complexity index is 1300. The van der Waals surface area contributed by atoms with Crippen molar-refractivity contribution in [3.05, 3.63) is 36.0 Å². The van der Waals surface area contributed by atoms with Crippen molar-refractivity contribution in [2.24, 2.45) is 7.05 Å². The Balaban J connectivity index is 1.57. The molecule has 0 saturated heterocycles. The normalized spacial score (nSPS) is 12.9. The molecule has 0 bridgehead atoms. The number of thiazole rings is 1. The summed E-state index contributed by atoms with van der Waals surface area (Å²) in [7, 11) is 1.74. The van der Waals surface area contributed by atoms with E-state index in [2.05, 4.69) is 25.0 Å². The molecule has 1 aromatic carbocycles. The molecular formula is C20H18F3N5O3S. The molecule has 0 aliphatic carbocycles. The zero-order valence-electron chi connectivity index (χ0n) is 17.0. The summed E-state index contributed by atoms with van der Waals surface area (Å²) < 4.78 is 43.5. The quantitative estimate of drug-likeness (QED) is 0.386. The first kappa shape index (κ1) is 22.0. The number of pyridine rings is 1. The Morgan fingerprint density at radius 2 is 2.06 bits per heavy atom. The van der Waals surface area contributed by atoms with Crippen molar-refractivity contribution in [3.8, 4) is 5.75 Å². The summed E-state index contributed by atoms with van der Waals surface area (Å²) in [6.07, 6.45) is -3.30. The molecular weight excluding hydrogens is 447 g/mol. The molecule has 0 spiro atoms. The lowest BCUT2D eigenvalue weighted by molar-refractivity contribution is -0.274. The Hall–Kier alpha value is -3.25. The number of anilines is 2. The Kier molecular flexibility index (Phi) is 5.73. The maximum Gasteiger partial charge on any atom is 0.573 e. The molecule has 1 atom stereocenters. The predicted octanol–water partition coefficient (Wildman–Crippen LogP) is 4.56. The number of nitrogens with zero attached hydrogens (tertiary/aromatic N) is 4. The van der Waals surface area contributed by atoms with Gasteiger partial charge < -0.3 is 15.2 Å². The van der Waals surface area contributed by atoms with Crippen LogP contribution >= 0.6 is 11.3 Å². The van der Waals surface area contributed by atoms with Crippen molar-refractivity contribution < 1.29 is 27.8 Å². The standard InChI is InChI=1S/C20H18F3N5O3S/c1-10(29)3-6-15(30)11-7-14-17(24-9-11)28(2)18(25-14)27-19-26-13-5-4-12(8-16(13)32-19)31-20(21,22)23/h4-5,7-10,29H,3,6H2,1-2H3,(H,25,26,27). The van der Waals surface area contributed by atoms with Gasteiger partial charge in [0.1, 0.15) is 11.3 Å². The zero-order chi connectivity index (χ0) is 23.0. The smallest absolute Gasteiger partial charge is 0.406 e. The largest absolute Gasteiger partial charge is 0.573 e. The van der Waals surface area contributed by atoms with Gasteiger partial charge in [-0.15, -0.1) is 13.2 Å². The summed E-state index contributed by atoms with van der Waals surface area (Å²) in [6, 6.07) is 5.55. The van der Waals surface area contributed by atoms with E-state index in [-0.39, 0.29) is 18.0 Å². The van der Waals surface area contributed by atoms with E-state index in [1.807, 2.05) is 0 Å². The number of fused-ring (bicyclic) bond motifs is 2. The first-order chi connectivity index (χ1) is 15.1. The summed E-state index contributed by atoms with van der Waals surface area (Å²) in [5.74, 6) is -0.0460. The number of ketones is 1. The van der Waals surface area contributed by atoms with E-state index >= 15 is 0 Å². The van der Waals surface area contributed by atoms with Gasteiger partial charge in [0.2, 0.25) is 5.95 Å². The molecule has 12 heteroatoms. The highest BCUT2D eigenvalue weighted by Gasteiger charge is 2.31. The summed E-state index contributed by atoms with van der Waals surface area (Å²) in [4.78, 5) is 25.4. The highest BCUT2D eigenvalue weighted by molar-refractivity contribution is 7.22. The fraction of sp³-hybridized carbons (Fsp3) is 0.300. The van der Waals surface area contributed by atoms with Crippen LogP contribution in [0.5, 0.6) is 5.75 Å². The number of hydrogen-bond donors (Lipinski definition) is 2. The van der Waals surface area contributed by atoms with Crippen molar-refractivity contribution >= 4 is 49.6 Å². The summed E-state index contributed by atoms with van der Waals surface area (Å²) in [6.45, 7) is 1.62. The van der Waals surface area contributed by atoms with Crippen LogP contribution in [0.3, 0.4) is 0 Å². The number of rotatable bonds is 7. The van der Waals surface area contributed by atoms with Crippen LogP contribution in [-0.4, -0.2) is 42.9 Å². The lowest BCUT2D eigenvalue weighted by atomic mass is 10.1. The van der Waals surface area contributed by atoms with Gasteiger partial charge >= 0.3 is 6.36 Å². The third kappa shape index (κ3) is 4.81. The number of alkyl halides is 3. The second kappa shape index (κ2) is 8.36. The lowest BCUT2D eigenvalue weighted by Crippen LogP contribution is -2.16.